The molecule has 2 amide bonds. The maximum absolute atomic E-state index is 13.1. The Bertz CT molecular complexity index is 1180. The Balaban J connectivity index is 1.76. The van der Waals surface area contributed by atoms with Gasteiger partial charge in [0.1, 0.15) is 6.04 Å². The number of benzene rings is 2. The molecule has 1 aliphatic heterocycles. The van der Waals surface area contributed by atoms with Gasteiger partial charge in [0.05, 0.1) is 12.3 Å². The quantitative estimate of drug-likeness (QED) is 0.323. The number of hydroxylamine groups is 1. The average molecular weight is 472 g/mol. The van der Waals surface area contributed by atoms with Crippen molar-refractivity contribution < 1.29 is 28.3 Å². The number of carboxylic acid groups (broad SMARTS) is 1. The number of hydrogen-bond donors (Lipinski definition) is 3. The highest BCUT2D eigenvalue weighted by molar-refractivity contribution is 7.89. The van der Waals surface area contributed by atoms with E-state index in [2.05, 4.69) is 11.8 Å². The third-order valence-corrected chi connectivity index (χ3v) is 7.32. The zero-order valence-electron chi connectivity index (χ0n) is 18.1. The van der Waals surface area contributed by atoms with Gasteiger partial charge in [0, 0.05) is 12.2 Å². The van der Waals surface area contributed by atoms with E-state index in [1.54, 1.807) is 48.8 Å². The molecule has 1 atom stereocenters. The Morgan fingerprint density at radius 2 is 1.88 bits per heavy atom. The number of anilines is 1. The van der Waals surface area contributed by atoms with E-state index in [-0.39, 0.29) is 25.3 Å². The zero-order valence-corrected chi connectivity index (χ0v) is 18.9. The molecule has 174 valence electrons. The number of hydrogen-bond acceptors (Lipinski definition) is 5. The van der Waals surface area contributed by atoms with Crippen LogP contribution >= 0.6 is 0 Å². The molecule has 0 unspecified atom stereocenters. The summed E-state index contributed by atoms with van der Waals surface area (Å²) in [5.74, 6) is 4.31. The molecule has 0 aliphatic carbocycles. The molecule has 33 heavy (non-hydrogen) atoms. The Morgan fingerprint density at radius 1 is 1.18 bits per heavy atom. The molecule has 1 aliphatic rings. The summed E-state index contributed by atoms with van der Waals surface area (Å²) in [6.07, 6.45) is -0.493. The summed E-state index contributed by atoms with van der Waals surface area (Å²) in [6.45, 7) is 1.78. The van der Waals surface area contributed by atoms with E-state index >= 15 is 0 Å². The summed E-state index contributed by atoms with van der Waals surface area (Å²) in [5.41, 5.74) is 4.14. The number of aryl methyl sites for hydroxylation is 1. The van der Waals surface area contributed by atoms with Crippen LogP contribution in [0.25, 0.3) is 0 Å². The van der Waals surface area contributed by atoms with Gasteiger partial charge in [-0.05, 0) is 48.6 Å². The Morgan fingerprint density at radius 3 is 2.52 bits per heavy atom. The van der Waals surface area contributed by atoms with E-state index in [9.17, 15) is 28.3 Å². The van der Waals surface area contributed by atoms with Gasteiger partial charge in [0.2, 0.25) is 10.0 Å². The SMILES string of the molecule is CC#CCN(C(=O)O)c1ccc(CCS(=O)(=O)N2CCc3ccccc3[C@@H]2C(=O)NO)cc1. The highest BCUT2D eigenvalue weighted by Gasteiger charge is 2.39. The summed E-state index contributed by atoms with van der Waals surface area (Å²) >= 11 is 0. The lowest BCUT2D eigenvalue weighted by molar-refractivity contribution is -0.133. The number of carbonyl (C=O) groups excluding carboxylic acids is 1. The first-order chi connectivity index (χ1) is 15.8. The molecular formula is C23H25N3O6S. The highest BCUT2D eigenvalue weighted by atomic mass is 32.2. The molecule has 1 heterocycles. The third kappa shape index (κ3) is 5.51. The van der Waals surface area contributed by atoms with Crippen molar-refractivity contribution in [2.24, 2.45) is 0 Å². The molecule has 0 saturated heterocycles. The second-order valence-electron chi connectivity index (χ2n) is 7.47. The van der Waals surface area contributed by atoms with Crippen molar-refractivity contribution in [3.63, 3.8) is 0 Å². The van der Waals surface area contributed by atoms with E-state index in [1.165, 1.54) is 0 Å². The van der Waals surface area contributed by atoms with Crippen molar-refractivity contribution in [1.82, 2.24) is 9.79 Å². The lowest BCUT2D eigenvalue weighted by Gasteiger charge is -2.34. The van der Waals surface area contributed by atoms with Crippen molar-refractivity contribution >= 4 is 27.7 Å². The Hall–Kier alpha value is -3.39. The highest BCUT2D eigenvalue weighted by Crippen LogP contribution is 2.32. The number of amides is 2. The molecule has 3 rings (SSSR count). The van der Waals surface area contributed by atoms with Crippen molar-refractivity contribution in [3.05, 3.63) is 65.2 Å². The van der Waals surface area contributed by atoms with Gasteiger partial charge in [-0.3, -0.25) is 14.9 Å². The van der Waals surface area contributed by atoms with Gasteiger partial charge >= 0.3 is 6.09 Å². The van der Waals surface area contributed by atoms with E-state index in [0.29, 0.717) is 23.2 Å². The van der Waals surface area contributed by atoms with Crippen LogP contribution in [0.5, 0.6) is 0 Å². The number of sulfonamides is 1. The fourth-order valence-electron chi connectivity index (χ4n) is 3.81. The predicted octanol–water partition coefficient (Wildman–Crippen LogP) is 2.17. The minimum atomic E-state index is -3.84. The average Bonchev–Trinajstić information content (AvgIpc) is 2.82. The van der Waals surface area contributed by atoms with Gasteiger partial charge in [0.25, 0.3) is 5.91 Å². The summed E-state index contributed by atoms with van der Waals surface area (Å²) in [4.78, 5) is 24.9. The topological polar surface area (TPSA) is 127 Å². The number of nitrogens with zero attached hydrogens (tertiary/aromatic N) is 2. The number of fused-ring (bicyclic) bond motifs is 1. The molecule has 0 spiro atoms. The third-order valence-electron chi connectivity index (χ3n) is 5.50. The van der Waals surface area contributed by atoms with Crippen LogP contribution in [0.1, 0.15) is 29.7 Å². The number of nitrogens with one attached hydrogen (secondary N) is 1. The largest absolute Gasteiger partial charge is 0.465 e. The van der Waals surface area contributed by atoms with Crippen LogP contribution in [0, 0.1) is 11.8 Å². The first kappa shape index (κ1) is 24.3. The second-order valence-corrected chi connectivity index (χ2v) is 9.51. The normalized spacial score (nSPS) is 15.6. The molecule has 2 aromatic carbocycles. The van der Waals surface area contributed by atoms with Crippen LogP contribution < -0.4 is 10.4 Å². The molecule has 3 N–H and O–H groups in total. The van der Waals surface area contributed by atoms with Gasteiger partial charge in [0.15, 0.2) is 0 Å². The van der Waals surface area contributed by atoms with Gasteiger partial charge in [-0.1, -0.05) is 42.3 Å². The molecule has 2 aromatic rings. The van der Waals surface area contributed by atoms with Gasteiger partial charge in [-0.15, -0.1) is 5.92 Å². The summed E-state index contributed by atoms with van der Waals surface area (Å²) in [7, 11) is -3.84. The summed E-state index contributed by atoms with van der Waals surface area (Å²) in [6, 6.07) is 12.5. The van der Waals surface area contributed by atoms with Crippen LogP contribution in [-0.2, 0) is 27.7 Å². The van der Waals surface area contributed by atoms with Crippen LogP contribution in [0.4, 0.5) is 10.5 Å². The van der Waals surface area contributed by atoms with E-state index < -0.39 is 28.1 Å². The first-order valence-corrected chi connectivity index (χ1v) is 11.9. The second kappa shape index (κ2) is 10.5. The van der Waals surface area contributed by atoms with Crippen molar-refractivity contribution in [2.75, 3.05) is 23.7 Å². The molecule has 0 fully saturated rings. The Labute approximate surface area is 192 Å². The molecule has 9 nitrogen and oxygen atoms in total. The van der Waals surface area contributed by atoms with Gasteiger partial charge < -0.3 is 5.11 Å². The zero-order chi connectivity index (χ0) is 24.0. The van der Waals surface area contributed by atoms with Crippen molar-refractivity contribution in [2.45, 2.75) is 25.8 Å². The maximum Gasteiger partial charge on any atom is 0.412 e. The molecule has 0 aromatic heterocycles. The van der Waals surface area contributed by atoms with Crippen LogP contribution in [0.3, 0.4) is 0 Å². The standard InChI is InChI=1S/C23H25N3O6S/c1-2-3-14-25(23(28)29)19-10-8-17(9-11-19)13-16-33(31,32)26-15-12-18-6-4-5-7-20(18)21(26)22(27)24-30/h4-11,21,30H,12-16H2,1H3,(H,24,27)(H,28,29)/t21-/m1/s1. The van der Waals surface area contributed by atoms with E-state index in [4.69, 9.17) is 0 Å². The summed E-state index contributed by atoms with van der Waals surface area (Å²) < 4.78 is 27.4. The molecule has 0 saturated carbocycles. The number of carbonyl (C=O) groups is 2. The van der Waals surface area contributed by atoms with Crippen LogP contribution in [0.2, 0.25) is 0 Å². The maximum atomic E-state index is 13.1. The molecule has 0 radical (unpaired) electrons. The van der Waals surface area contributed by atoms with E-state index in [1.807, 2.05) is 12.1 Å². The lowest BCUT2D eigenvalue weighted by Crippen LogP contribution is -2.47. The molecule has 0 bridgehead atoms. The van der Waals surface area contributed by atoms with Crippen LogP contribution in [-0.4, -0.2) is 53.9 Å². The lowest BCUT2D eigenvalue weighted by atomic mass is 9.94. The Kier molecular flexibility index (Phi) is 7.71. The van der Waals surface area contributed by atoms with Crippen molar-refractivity contribution in [1.29, 1.82) is 0 Å². The minimum absolute atomic E-state index is 0.0320. The van der Waals surface area contributed by atoms with Gasteiger partial charge in [-0.2, -0.15) is 4.31 Å². The monoisotopic (exact) mass is 471 g/mol. The fourth-order valence-corrected chi connectivity index (χ4v) is 5.44. The fraction of sp³-hybridized carbons (Fsp3) is 0.304. The molecule has 10 heteroatoms. The van der Waals surface area contributed by atoms with Crippen molar-refractivity contribution in [3.8, 4) is 11.8 Å². The molecular weight excluding hydrogens is 446 g/mol. The number of rotatable bonds is 7. The van der Waals surface area contributed by atoms with Crippen LogP contribution in [0.15, 0.2) is 48.5 Å². The predicted molar refractivity (Wildman–Crippen MR) is 122 cm³/mol. The smallest absolute Gasteiger partial charge is 0.412 e. The minimum Gasteiger partial charge on any atom is -0.465 e. The van der Waals surface area contributed by atoms with Gasteiger partial charge in [-0.25, -0.2) is 18.7 Å². The summed E-state index contributed by atoms with van der Waals surface area (Å²) in [5, 5.41) is 18.6. The first-order valence-electron chi connectivity index (χ1n) is 10.3. The van der Waals surface area contributed by atoms with E-state index in [0.717, 1.165) is 14.8 Å².